The van der Waals surface area contributed by atoms with Crippen LogP contribution in [-0.2, 0) is 21.2 Å². The van der Waals surface area contributed by atoms with E-state index >= 15 is 0 Å². The van der Waals surface area contributed by atoms with Crippen molar-refractivity contribution in [3.05, 3.63) is 22.2 Å². The van der Waals surface area contributed by atoms with Crippen molar-refractivity contribution in [1.29, 1.82) is 0 Å². The van der Waals surface area contributed by atoms with Crippen molar-refractivity contribution in [1.82, 2.24) is 4.31 Å². The molecule has 1 aromatic carbocycles. The number of carbonyl (C=O) groups excluding carboxylic acids is 1. The highest BCUT2D eigenvalue weighted by Gasteiger charge is 2.40. The first-order chi connectivity index (χ1) is 12.6. The number of fused-ring (bicyclic) bond motifs is 1. The molecule has 0 saturated heterocycles. The van der Waals surface area contributed by atoms with Gasteiger partial charge in [0.25, 0.3) is 0 Å². The van der Waals surface area contributed by atoms with E-state index in [4.69, 9.17) is 0 Å². The van der Waals surface area contributed by atoms with Crippen LogP contribution in [0.2, 0.25) is 0 Å². The van der Waals surface area contributed by atoms with Crippen LogP contribution in [0.25, 0.3) is 0 Å². The second kappa shape index (κ2) is 7.84. The maximum Gasteiger partial charge on any atom is 0.245 e. The Kier molecular flexibility index (Phi) is 6.04. The minimum Gasteiger partial charge on any atom is -0.310 e. The quantitative estimate of drug-likeness (QED) is 0.621. The Hall–Kier alpha value is -0.920. The second-order valence-electron chi connectivity index (χ2n) is 8.54. The SMILES string of the molecule is CC(C)CN(CC(C)C)S(=O)(=O)c1cc(Br)cc2c1N(C(=O)C1CC1)CC2. The predicted molar refractivity (Wildman–Crippen MR) is 111 cm³/mol. The lowest BCUT2D eigenvalue weighted by atomic mass is 10.2. The van der Waals surface area contributed by atoms with E-state index in [1.165, 1.54) is 0 Å². The minimum absolute atomic E-state index is 0.0672. The Labute approximate surface area is 171 Å². The molecule has 1 amide bonds. The second-order valence-corrected chi connectivity index (χ2v) is 11.4. The average molecular weight is 457 g/mol. The molecule has 1 heterocycles. The van der Waals surface area contributed by atoms with Crippen LogP contribution >= 0.6 is 15.9 Å². The number of nitrogens with zero attached hydrogens (tertiary/aromatic N) is 2. The molecule has 7 heteroatoms. The molecule has 0 bridgehead atoms. The smallest absolute Gasteiger partial charge is 0.245 e. The third kappa shape index (κ3) is 4.40. The van der Waals surface area contributed by atoms with E-state index in [2.05, 4.69) is 15.9 Å². The molecule has 27 heavy (non-hydrogen) atoms. The van der Waals surface area contributed by atoms with Crippen LogP contribution in [0, 0.1) is 17.8 Å². The number of carbonyl (C=O) groups is 1. The van der Waals surface area contributed by atoms with E-state index in [0.29, 0.717) is 31.7 Å². The van der Waals surface area contributed by atoms with Crippen molar-refractivity contribution in [2.45, 2.75) is 51.9 Å². The molecular weight excluding hydrogens is 428 g/mol. The number of amides is 1. The Morgan fingerprint density at radius 2 is 1.78 bits per heavy atom. The summed E-state index contributed by atoms with van der Waals surface area (Å²) in [6.07, 6.45) is 2.52. The summed E-state index contributed by atoms with van der Waals surface area (Å²) in [6, 6.07) is 3.62. The van der Waals surface area contributed by atoms with E-state index in [1.807, 2.05) is 33.8 Å². The monoisotopic (exact) mass is 456 g/mol. The van der Waals surface area contributed by atoms with Gasteiger partial charge in [0.2, 0.25) is 15.9 Å². The van der Waals surface area contributed by atoms with Crippen LogP contribution in [0.4, 0.5) is 5.69 Å². The summed E-state index contributed by atoms with van der Waals surface area (Å²) in [5, 5.41) is 0. The van der Waals surface area contributed by atoms with Crippen molar-refractivity contribution < 1.29 is 13.2 Å². The molecule has 0 radical (unpaired) electrons. The number of benzene rings is 1. The first kappa shape index (κ1) is 20.8. The lowest BCUT2D eigenvalue weighted by Crippen LogP contribution is -2.38. The van der Waals surface area contributed by atoms with E-state index < -0.39 is 10.0 Å². The van der Waals surface area contributed by atoms with E-state index in [1.54, 1.807) is 15.3 Å². The number of hydrogen-bond donors (Lipinski definition) is 0. The molecule has 1 fully saturated rings. The lowest BCUT2D eigenvalue weighted by Gasteiger charge is -2.28. The zero-order chi connectivity index (χ0) is 19.9. The number of rotatable bonds is 7. The fraction of sp³-hybridized carbons (Fsp3) is 0.650. The average Bonchev–Trinajstić information content (AvgIpc) is 3.32. The summed E-state index contributed by atoms with van der Waals surface area (Å²) in [5.74, 6) is 0.593. The summed E-state index contributed by atoms with van der Waals surface area (Å²) in [6.45, 7) is 9.61. The van der Waals surface area contributed by atoms with E-state index in [9.17, 15) is 13.2 Å². The first-order valence-electron chi connectivity index (χ1n) is 9.75. The third-order valence-corrected chi connectivity index (χ3v) is 7.24. The van der Waals surface area contributed by atoms with Crippen molar-refractivity contribution >= 4 is 37.5 Å². The molecule has 1 aromatic rings. The molecule has 0 N–H and O–H groups in total. The highest BCUT2D eigenvalue weighted by molar-refractivity contribution is 9.10. The Balaban J connectivity index is 2.08. The molecule has 2 aliphatic rings. The van der Waals surface area contributed by atoms with Crippen LogP contribution in [0.15, 0.2) is 21.5 Å². The molecular formula is C20H29BrN2O3S. The summed E-state index contributed by atoms with van der Waals surface area (Å²) >= 11 is 3.47. The zero-order valence-corrected chi connectivity index (χ0v) is 18.9. The Bertz CT molecular complexity index is 822. The van der Waals surface area contributed by atoms with Gasteiger partial charge in [-0.1, -0.05) is 43.6 Å². The Morgan fingerprint density at radius 1 is 1.19 bits per heavy atom. The molecule has 5 nitrogen and oxygen atoms in total. The van der Waals surface area contributed by atoms with Crippen LogP contribution in [-0.4, -0.2) is 38.3 Å². The molecule has 150 valence electrons. The molecule has 0 spiro atoms. The molecule has 1 aliphatic carbocycles. The number of hydrogen-bond acceptors (Lipinski definition) is 3. The van der Waals surface area contributed by atoms with Crippen molar-refractivity contribution in [2.75, 3.05) is 24.5 Å². The van der Waals surface area contributed by atoms with Gasteiger partial charge in [-0.2, -0.15) is 4.31 Å². The normalized spacial score (nSPS) is 17.3. The molecule has 0 aromatic heterocycles. The van der Waals surface area contributed by atoms with Crippen LogP contribution in [0.1, 0.15) is 46.1 Å². The molecule has 1 saturated carbocycles. The van der Waals surface area contributed by atoms with Crippen molar-refractivity contribution in [3.8, 4) is 0 Å². The van der Waals surface area contributed by atoms with Crippen LogP contribution in [0.3, 0.4) is 0 Å². The van der Waals surface area contributed by atoms with Gasteiger partial charge in [-0.25, -0.2) is 8.42 Å². The molecule has 3 rings (SSSR count). The fourth-order valence-electron chi connectivity index (χ4n) is 3.66. The lowest BCUT2D eigenvalue weighted by molar-refractivity contribution is -0.119. The largest absolute Gasteiger partial charge is 0.310 e. The maximum atomic E-state index is 13.6. The van der Waals surface area contributed by atoms with Crippen molar-refractivity contribution in [3.63, 3.8) is 0 Å². The fourth-order valence-corrected chi connectivity index (χ4v) is 6.35. The minimum atomic E-state index is -3.70. The number of halogens is 1. The first-order valence-corrected chi connectivity index (χ1v) is 12.0. The van der Waals surface area contributed by atoms with Crippen molar-refractivity contribution in [2.24, 2.45) is 17.8 Å². The van der Waals surface area contributed by atoms with Gasteiger partial charge >= 0.3 is 0 Å². The summed E-state index contributed by atoms with van der Waals surface area (Å²) in [5.41, 5.74) is 1.54. The summed E-state index contributed by atoms with van der Waals surface area (Å²) in [7, 11) is -3.70. The third-order valence-electron chi connectivity index (χ3n) is 4.94. The highest BCUT2D eigenvalue weighted by atomic mass is 79.9. The van der Waals surface area contributed by atoms with E-state index in [-0.39, 0.29) is 28.6 Å². The molecule has 0 atom stereocenters. The van der Waals surface area contributed by atoms with Gasteiger partial charge in [-0.05, 0) is 48.8 Å². The number of sulfonamides is 1. The predicted octanol–water partition coefficient (Wildman–Crippen LogP) is 4.05. The highest BCUT2D eigenvalue weighted by Crippen LogP contribution is 2.42. The van der Waals surface area contributed by atoms with Gasteiger partial charge in [0.05, 0.1) is 5.69 Å². The molecule has 1 aliphatic heterocycles. The van der Waals surface area contributed by atoms with Gasteiger partial charge in [-0.15, -0.1) is 0 Å². The van der Waals surface area contributed by atoms with Gasteiger partial charge in [0.15, 0.2) is 0 Å². The van der Waals surface area contributed by atoms with Crippen LogP contribution < -0.4 is 4.90 Å². The van der Waals surface area contributed by atoms with Gasteiger partial charge in [0, 0.05) is 30.0 Å². The summed E-state index contributed by atoms with van der Waals surface area (Å²) in [4.78, 5) is 14.7. The Morgan fingerprint density at radius 3 is 2.30 bits per heavy atom. The topological polar surface area (TPSA) is 57.7 Å². The van der Waals surface area contributed by atoms with Gasteiger partial charge < -0.3 is 4.90 Å². The number of anilines is 1. The van der Waals surface area contributed by atoms with Gasteiger partial charge in [0.1, 0.15) is 4.90 Å². The zero-order valence-electron chi connectivity index (χ0n) is 16.5. The van der Waals surface area contributed by atoms with Crippen LogP contribution in [0.5, 0.6) is 0 Å². The summed E-state index contributed by atoms with van der Waals surface area (Å²) < 4.78 is 29.6. The van der Waals surface area contributed by atoms with E-state index in [0.717, 1.165) is 22.9 Å². The molecule has 0 unspecified atom stereocenters. The maximum absolute atomic E-state index is 13.6. The van der Waals surface area contributed by atoms with Gasteiger partial charge in [-0.3, -0.25) is 4.79 Å². The standard InChI is InChI=1S/C20H29BrN2O3S/c1-13(2)11-22(12-14(3)4)27(25,26)18-10-17(21)9-16-7-8-23(19(16)18)20(24)15-5-6-15/h9-10,13-15H,5-8,11-12H2,1-4H3.